The maximum absolute atomic E-state index is 12.5. The van der Waals surface area contributed by atoms with Crippen LogP contribution < -0.4 is 15.5 Å². The van der Waals surface area contributed by atoms with Gasteiger partial charge in [0, 0.05) is 23.1 Å². The van der Waals surface area contributed by atoms with E-state index in [4.69, 9.17) is 0 Å². The molecule has 4 amide bonds. The molecule has 0 saturated carbocycles. The Hall–Kier alpha value is -2.22. The summed E-state index contributed by atoms with van der Waals surface area (Å²) >= 11 is 3.36. The normalized spacial score (nSPS) is 24.0. The van der Waals surface area contributed by atoms with Crippen LogP contribution >= 0.6 is 15.9 Å². The molecule has 2 heterocycles. The number of amides is 4. The minimum atomic E-state index is -0.811. The molecule has 3 rings (SSSR count). The molecular weight excluding hydrogens is 378 g/mol. The van der Waals surface area contributed by atoms with Crippen LogP contribution in [0.15, 0.2) is 28.7 Å². The van der Waals surface area contributed by atoms with Crippen molar-refractivity contribution in [3.63, 3.8) is 0 Å². The lowest BCUT2D eigenvalue weighted by molar-refractivity contribution is -0.140. The SMILES string of the molecule is O=C1CCC(NC(=O)C2CCN(c3cccc(Br)c3)C2=O)C(=O)N1. The van der Waals surface area contributed by atoms with Crippen molar-refractivity contribution >= 4 is 45.2 Å². The second kappa shape index (κ2) is 6.72. The fourth-order valence-electron chi connectivity index (χ4n) is 2.93. The van der Waals surface area contributed by atoms with Crippen molar-refractivity contribution in [2.45, 2.75) is 25.3 Å². The van der Waals surface area contributed by atoms with E-state index in [2.05, 4.69) is 26.6 Å². The summed E-state index contributed by atoms with van der Waals surface area (Å²) < 4.78 is 0.851. The average molecular weight is 394 g/mol. The second-order valence-corrected chi connectivity index (χ2v) is 6.74. The summed E-state index contributed by atoms with van der Waals surface area (Å²) in [4.78, 5) is 49.3. The van der Waals surface area contributed by atoms with Gasteiger partial charge in [-0.05, 0) is 31.0 Å². The lowest BCUT2D eigenvalue weighted by atomic mass is 10.0. The maximum atomic E-state index is 12.5. The molecule has 8 heteroatoms. The van der Waals surface area contributed by atoms with Crippen molar-refractivity contribution in [1.29, 1.82) is 0 Å². The van der Waals surface area contributed by atoms with Gasteiger partial charge < -0.3 is 10.2 Å². The second-order valence-electron chi connectivity index (χ2n) is 5.82. The molecule has 0 spiro atoms. The maximum Gasteiger partial charge on any atom is 0.249 e. The van der Waals surface area contributed by atoms with Crippen LogP contribution in [0.25, 0.3) is 0 Å². The van der Waals surface area contributed by atoms with Crippen molar-refractivity contribution in [3.8, 4) is 0 Å². The molecule has 126 valence electrons. The van der Waals surface area contributed by atoms with Crippen LogP contribution in [0.3, 0.4) is 0 Å². The fraction of sp³-hybridized carbons (Fsp3) is 0.375. The van der Waals surface area contributed by atoms with Gasteiger partial charge in [-0.2, -0.15) is 0 Å². The number of nitrogens with zero attached hydrogens (tertiary/aromatic N) is 1. The Morgan fingerprint density at radius 3 is 2.75 bits per heavy atom. The number of hydrogen-bond acceptors (Lipinski definition) is 4. The Labute approximate surface area is 146 Å². The highest BCUT2D eigenvalue weighted by molar-refractivity contribution is 9.10. The van der Waals surface area contributed by atoms with Gasteiger partial charge in [-0.25, -0.2) is 0 Å². The molecule has 1 aromatic carbocycles. The number of hydrogen-bond donors (Lipinski definition) is 2. The van der Waals surface area contributed by atoms with Crippen LogP contribution in [-0.4, -0.2) is 36.2 Å². The molecule has 7 nitrogen and oxygen atoms in total. The number of piperidine rings is 1. The highest BCUT2D eigenvalue weighted by Crippen LogP contribution is 2.27. The van der Waals surface area contributed by atoms with Gasteiger partial charge in [-0.1, -0.05) is 22.0 Å². The summed E-state index contributed by atoms with van der Waals surface area (Å²) in [5.41, 5.74) is 0.727. The van der Waals surface area contributed by atoms with E-state index < -0.39 is 23.8 Å². The topological polar surface area (TPSA) is 95.6 Å². The first-order valence-corrected chi connectivity index (χ1v) is 8.46. The number of halogens is 1. The smallest absolute Gasteiger partial charge is 0.249 e. The molecule has 0 aliphatic carbocycles. The quantitative estimate of drug-likeness (QED) is 0.584. The van der Waals surface area contributed by atoms with E-state index in [1.165, 1.54) is 0 Å². The molecule has 0 bridgehead atoms. The molecule has 1 aromatic rings. The Morgan fingerprint density at radius 2 is 2.04 bits per heavy atom. The van der Waals surface area contributed by atoms with Crippen LogP contribution in [0.2, 0.25) is 0 Å². The van der Waals surface area contributed by atoms with Gasteiger partial charge in [0.25, 0.3) is 0 Å². The predicted molar refractivity (Wildman–Crippen MR) is 88.9 cm³/mol. The molecular formula is C16H16BrN3O4. The minimum Gasteiger partial charge on any atom is -0.344 e. The molecule has 2 aliphatic heterocycles. The number of carbonyl (C=O) groups is 4. The molecule has 2 unspecified atom stereocenters. The van der Waals surface area contributed by atoms with Gasteiger partial charge in [-0.3, -0.25) is 24.5 Å². The first kappa shape index (κ1) is 16.6. The molecule has 2 fully saturated rings. The van der Waals surface area contributed by atoms with Gasteiger partial charge in [0.05, 0.1) is 0 Å². The van der Waals surface area contributed by atoms with Crippen molar-refractivity contribution in [2.75, 3.05) is 11.4 Å². The summed E-state index contributed by atoms with van der Waals surface area (Å²) in [6, 6.07) is 6.55. The summed E-state index contributed by atoms with van der Waals surface area (Å²) in [7, 11) is 0. The number of benzene rings is 1. The predicted octanol–water partition coefficient (Wildman–Crippen LogP) is 0.723. The average Bonchev–Trinajstić information content (AvgIpc) is 2.92. The van der Waals surface area contributed by atoms with E-state index in [9.17, 15) is 19.2 Å². The van der Waals surface area contributed by atoms with E-state index in [0.717, 1.165) is 10.2 Å². The third kappa shape index (κ3) is 3.33. The third-order valence-corrected chi connectivity index (χ3v) is 4.69. The zero-order valence-electron chi connectivity index (χ0n) is 12.8. The van der Waals surface area contributed by atoms with E-state index in [1.54, 1.807) is 4.90 Å². The van der Waals surface area contributed by atoms with Gasteiger partial charge >= 0.3 is 0 Å². The highest BCUT2D eigenvalue weighted by Gasteiger charge is 2.39. The number of carbonyl (C=O) groups excluding carboxylic acids is 4. The van der Waals surface area contributed by atoms with Crippen molar-refractivity contribution in [3.05, 3.63) is 28.7 Å². The summed E-state index contributed by atoms with van der Waals surface area (Å²) in [6.07, 6.45) is 0.830. The Morgan fingerprint density at radius 1 is 1.25 bits per heavy atom. The van der Waals surface area contributed by atoms with Crippen molar-refractivity contribution in [1.82, 2.24) is 10.6 Å². The van der Waals surface area contributed by atoms with Crippen LogP contribution in [0, 0.1) is 5.92 Å². The summed E-state index contributed by atoms with van der Waals surface area (Å²) in [5.74, 6) is -2.42. The van der Waals surface area contributed by atoms with Gasteiger partial charge in [0.15, 0.2) is 0 Å². The van der Waals surface area contributed by atoms with Crippen molar-refractivity contribution in [2.24, 2.45) is 5.92 Å². The summed E-state index contributed by atoms with van der Waals surface area (Å²) in [6.45, 7) is 0.447. The molecule has 24 heavy (non-hydrogen) atoms. The Bertz CT molecular complexity index is 721. The molecule has 0 aromatic heterocycles. The first-order valence-electron chi connectivity index (χ1n) is 7.67. The van der Waals surface area contributed by atoms with Crippen LogP contribution in [0.4, 0.5) is 5.69 Å². The van der Waals surface area contributed by atoms with Crippen LogP contribution in [0.1, 0.15) is 19.3 Å². The number of imide groups is 1. The molecule has 0 radical (unpaired) electrons. The highest BCUT2D eigenvalue weighted by atomic mass is 79.9. The van der Waals surface area contributed by atoms with E-state index >= 15 is 0 Å². The zero-order valence-corrected chi connectivity index (χ0v) is 14.3. The van der Waals surface area contributed by atoms with E-state index in [0.29, 0.717) is 13.0 Å². The monoisotopic (exact) mass is 393 g/mol. The fourth-order valence-corrected chi connectivity index (χ4v) is 3.31. The standard InChI is InChI=1S/C16H16BrN3O4/c17-9-2-1-3-10(8-9)20-7-6-11(16(20)24)14(22)18-12-4-5-13(21)19-15(12)23/h1-3,8,11-12H,4-7H2,(H,18,22)(H,19,21,23). The van der Waals surface area contributed by atoms with E-state index in [-0.39, 0.29) is 24.7 Å². The van der Waals surface area contributed by atoms with Crippen LogP contribution in [-0.2, 0) is 19.2 Å². The number of rotatable bonds is 3. The molecule has 2 saturated heterocycles. The Balaban J connectivity index is 1.65. The zero-order chi connectivity index (χ0) is 17.3. The molecule has 2 aliphatic rings. The first-order chi connectivity index (χ1) is 11.5. The third-order valence-electron chi connectivity index (χ3n) is 4.20. The van der Waals surface area contributed by atoms with E-state index in [1.807, 2.05) is 24.3 Å². The molecule has 2 N–H and O–H groups in total. The van der Waals surface area contributed by atoms with Gasteiger partial charge in [0.1, 0.15) is 12.0 Å². The van der Waals surface area contributed by atoms with Gasteiger partial charge in [-0.15, -0.1) is 0 Å². The Kier molecular flexibility index (Phi) is 4.66. The number of anilines is 1. The lowest BCUT2D eigenvalue weighted by Crippen LogP contribution is -2.54. The summed E-state index contributed by atoms with van der Waals surface area (Å²) in [5, 5.41) is 4.77. The van der Waals surface area contributed by atoms with Crippen LogP contribution in [0.5, 0.6) is 0 Å². The minimum absolute atomic E-state index is 0.180. The largest absolute Gasteiger partial charge is 0.344 e. The molecule has 2 atom stereocenters. The van der Waals surface area contributed by atoms with Gasteiger partial charge in [0.2, 0.25) is 23.6 Å². The number of nitrogens with one attached hydrogen (secondary N) is 2. The lowest BCUT2D eigenvalue weighted by Gasteiger charge is -2.23. The van der Waals surface area contributed by atoms with Crippen molar-refractivity contribution < 1.29 is 19.2 Å².